The molecule has 1 aliphatic heterocycles. The van der Waals surface area contributed by atoms with Crippen molar-refractivity contribution in [1.82, 2.24) is 14.8 Å². The number of carbonyl (C=O) groups is 1. The lowest BCUT2D eigenvalue weighted by atomic mass is 10.2. The van der Waals surface area contributed by atoms with Crippen molar-refractivity contribution in [3.8, 4) is 0 Å². The third kappa shape index (κ3) is 5.95. The van der Waals surface area contributed by atoms with Gasteiger partial charge in [0.1, 0.15) is 19.6 Å². The van der Waals surface area contributed by atoms with Crippen LogP contribution in [0.2, 0.25) is 0 Å². The first-order valence-electron chi connectivity index (χ1n) is 9.74. The Balaban J connectivity index is 1.47. The van der Waals surface area contributed by atoms with Gasteiger partial charge in [-0.2, -0.15) is 0 Å². The van der Waals surface area contributed by atoms with E-state index in [-0.39, 0.29) is 17.3 Å². The Kier molecular flexibility index (Phi) is 7.70. The van der Waals surface area contributed by atoms with E-state index in [1.807, 2.05) is 12.1 Å². The maximum absolute atomic E-state index is 12.2. The number of anilines is 1. The molecule has 0 spiro atoms. The van der Waals surface area contributed by atoms with E-state index < -0.39 is 0 Å². The summed E-state index contributed by atoms with van der Waals surface area (Å²) < 4.78 is 6.98. The molecule has 0 unspecified atom stereocenters. The Labute approximate surface area is 168 Å². The SMILES string of the molecule is CCCCn1c(SCC(=O)Nc2ccc(C[NH+]3CCOCC3)cc2)n[nH]c1=O. The number of hydrogen-bond acceptors (Lipinski definition) is 5. The van der Waals surface area contributed by atoms with Crippen molar-refractivity contribution in [2.24, 2.45) is 0 Å². The topological polar surface area (TPSA) is 93.4 Å². The lowest BCUT2D eigenvalue weighted by Gasteiger charge is -2.23. The quantitative estimate of drug-likeness (QED) is 0.528. The normalized spacial score (nSPS) is 14.9. The monoisotopic (exact) mass is 406 g/mol. The van der Waals surface area contributed by atoms with Crippen LogP contribution in [0.4, 0.5) is 5.69 Å². The number of morpholine rings is 1. The number of carbonyl (C=O) groups excluding carboxylic acids is 1. The highest BCUT2D eigenvalue weighted by Crippen LogP contribution is 2.15. The number of H-pyrrole nitrogens is 1. The largest absolute Gasteiger partial charge is 0.370 e. The van der Waals surface area contributed by atoms with E-state index in [2.05, 4.69) is 34.6 Å². The van der Waals surface area contributed by atoms with Gasteiger partial charge in [-0.3, -0.25) is 9.36 Å². The van der Waals surface area contributed by atoms with E-state index in [9.17, 15) is 9.59 Å². The number of benzene rings is 1. The predicted molar refractivity (Wildman–Crippen MR) is 109 cm³/mol. The van der Waals surface area contributed by atoms with Crippen LogP contribution in [0, 0.1) is 0 Å². The van der Waals surface area contributed by atoms with E-state index in [1.165, 1.54) is 22.2 Å². The van der Waals surface area contributed by atoms with Crippen LogP contribution in [0.5, 0.6) is 0 Å². The number of rotatable bonds is 9. The summed E-state index contributed by atoms with van der Waals surface area (Å²) in [6.07, 6.45) is 1.89. The van der Waals surface area contributed by atoms with Crippen molar-refractivity contribution in [2.45, 2.75) is 38.0 Å². The van der Waals surface area contributed by atoms with Gasteiger partial charge in [0.05, 0.1) is 19.0 Å². The van der Waals surface area contributed by atoms with E-state index in [4.69, 9.17) is 4.74 Å². The molecule has 9 heteroatoms. The van der Waals surface area contributed by atoms with Crippen molar-refractivity contribution in [2.75, 3.05) is 37.4 Å². The molecule has 8 nitrogen and oxygen atoms in total. The van der Waals surface area contributed by atoms with Crippen molar-refractivity contribution in [3.63, 3.8) is 0 Å². The molecule has 1 saturated heterocycles. The van der Waals surface area contributed by atoms with Crippen molar-refractivity contribution in [1.29, 1.82) is 0 Å². The minimum absolute atomic E-state index is 0.117. The summed E-state index contributed by atoms with van der Waals surface area (Å²) >= 11 is 1.27. The molecule has 2 aromatic rings. The Bertz CT molecular complexity index is 812. The summed E-state index contributed by atoms with van der Waals surface area (Å²) in [5.74, 6) is 0.0878. The molecule has 0 saturated carbocycles. The fourth-order valence-corrected chi connectivity index (χ4v) is 3.86. The standard InChI is InChI=1S/C19H27N5O3S/c1-2-3-8-24-18(26)21-22-19(24)28-14-17(25)20-16-6-4-15(5-7-16)13-23-9-11-27-12-10-23/h4-7H,2-3,8-14H2,1H3,(H,20,25)(H,21,26)/p+1. The van der Waals surface area contributed by atoms with Crippen LogP contribution in [-0.4, -0.2) is 52.7 Å². The minimum Gasteiger partial charge on any atom is -0.370 e. The van der Waals surface area contributed by atoms with Crippen LogP contribution in [0.1, 0.15) is 25.3 Å². The van der Waals surface area contributed by atoms with Gasteiger partial charge in [0.25, 0.3) is 0 Å². The molecule has 0 radical (unpaired) electrons. The van der Waals surface area contributed by atoms with E-state index in [1.54, 1.807) is 4.57 Å². The summed E-state index contributed by atoms with van der Waals surface area (Å²) in [7, 11) is 0. The Morgan fingerprint density at radius 1 is 1.32 bits per heavy atom. The first-order valence-corrected chi connectivity index (χ1v) is 10.7. The molecule has 1 fully saturated rings. The number of aromatic amines is 1. The zero-order valence-electron chi connectivity index (χ0n) is 16.2. The van der Waals surface area contributed by atoms with Crippen molar-refractivity contribution < 1.29 is 14.4 Å². The fourth-order valence-electron chi connectivity index (χ4n) is 3.09. The molecule has 0 atom stereocenters. The van der Waals surface area contributed by atoms with Crippen LogP contribution in [0.15, 0.2) is 34.2 Å². The molecule has 0 bridgehead atoms. The van der Waals surface area contributed by atoms with Gasteiger partial charge in [-0.1, -0.05) is 37.2 Å². The number of hydrogen-bond donors (Lipinski definition) is 3. The van der Waals surface area contributed by atoms with Crippen molar-refractivity contribution >= 4 is 23.4 Å². The summed E-state index contributed by atoms with van der Waals surface area (Å²) in [4.78, 5) is 25.5. The molecule has 0 aliphatic carbocycles. The third-order valence-corrected chi connectivity index (χ3v) is 5.66. The number of amides is 1. The second kappa shape index (κ2) is 10.4. The first-order chi connectivity index (χ1) is 13.7. The molecule has 28 heavy (non-hydrogen) atoms. The van der Waals surface area contributed by atoms with Crippen LogP contribution < -0.4 is 15.9 Å². The van der Waals surface area contributed by atoms with E-state index >= 15 is 0 Å². The third-order valence-electron chi connectivity index (χ3n) is 4.68. The highest BCUT2D eigenvalue weighted by Gasteiger charge is 2.14. The van der Waals surface area contributed by atoms with Gasteiger partial charge in [-0.05, 0) is 18.6 Å². The van der Waals surface area contributed by atoms with Gasteiger partial charge < -0.3 is 15.0 Å². The fraction of sp³-hybridized carbons (Fsp3) is 0.526. The maximum atomic E-state index is 12.2. The molecule has 152 valence electrons. The summed E-state index contributed by atoms with van der Waals surface area (Å²) in [5, 5.41) is 9.92. The smallest absolute Gasteiger partial charge is 0.343 e. The second-order valence-electron chi connectivity index (χ2n) is 6.89. The summed E-state index contributed by atoms with van der Waals surface area (Å²) in [5.41, 5.74) is 1.80. The zero-order chi connectivity index (χ0) is 19.8. The number of quaternary nitrogens is 1. The number of thioether (sulfide) groups is 1. The predicted octanol–water partition coefficient (Wildman–Crippen LogP) is 0.517. The zero-order valence-corrected chi connectivity index (χ0v) is 17.0. The number of nitrogens with zero attached hydrogens (tertiary/aromatic N) is 2. The molecular formula is C19H28N5O3S+. The molecule has 3 rings (SSSR count). The van der Waals surface area contributed by atoms with Crippen LogP contribution in [0.3, 0.4) is 0 Å². The van der Waals surface area contributed by atoms with Crippen LogP contribution >= 0.6 is 11.8 Å². The lowest BCUT2D eigenvalue weighted by Crippen LogP contribution is -3.12. The maximum Gasteiger partial charge on any atom is 0.343 e. The Morgan fingerprint density at radius 3 is 2.79 bits per heavy atom. The number of nitrogens with one attached hydrogen (secondary N) is 3. The number of aromatic nitrogens is 3. The van der Waals surface area contributed by atoms with Gasteiger partial charge in [-0.15, -0.1) is 5.10 Å². The van der Waals surface area contributed by atoms with Crippen LogP contribution in [0.25, 0.3) is 0 Å². The minimum atomic E-state index is -0.227. The van der Waals surface area contributed by atoms with E-state index in [0.29, 0.717) is 11.7 Å². The highest BCUT2D eigenvalue weighted by atomic mass is 32.2. The van der Waals surface area contributed by atoms with Crippen LogP contribution in [-0.2, 0) is 22.6 Å². The molecule has 2 heterocycles. The average Bonchev–Trinajstić information content (AvgIpc) is 3.06. The van der Waals surface area contributed by atoms with E-state index in [0.717, 1.165) is 51.4 Å². The lowest BCUT2D eigenvalue weighted by molar-refractivity contribution is -0.921. The Morgan fingerprint density at radius 2 is 2.07 bits per heavy atom. The van der Waals surface area contributed by atoms with Gasteiger partial charge in [0, 0.05) is 17.8 Å². The second-order valence-corrected chi connectivity index (χ2v) is 7.83. The van der Waals surface area contributed by atoms with Gasteiger partial charge in [0.15, 0.2) is 5.16 Å². The highest BCUT2D eigenvalue weighted by molar-refractivity contribution is 7.99. The average molecular weight is 407 g/mol. The summed E-state index contributed by atoms with van der Waals surface area (Å²) in [6.45, 7) is 7.37. The van der Waals surface area contributed by atoms with Gasteiger partial charge >= 0.3 is 5.69 Å². The first kappa shape index (κ1) is 20.6. The molecule has 3 N–H and O–H groups in total. The molecule has 1 aliphatic rings. The number of unbranched alkanes of at least 4 members (excludes halogenated alkanes) is 1. The molecule has 1 amide bonds. The van der Waals surface area contributed by atoms with Crippen molar-refractivity contribution in [3.05, 3.63) is 40.3 Å². The van der Waals surface area contributed by atoms with Gasteiger partial charge in [0.2, 0.25) is 5.91 Å². The molecule has 1 aromatic heterocycles. The Hall–Kier alpha value is -2.10. The number of ether oxygens (including phenoxy) is 1. The summed E-state index contributed by atoms with van der Waals surface area (Å²) in [6, 6.07) is 7.98. The molecular weight excluding hydrogens is 378 g/mol. The van der Waals surface area contributed by atoms with Gasteiger partial charge in [-0.25, -0.2) is 9.89 Å². The molecule has 1 aromatic carbocycles.